The second-order valence-electron chi connectivity index (χ2n) is 4.55. The third-order valence-electron chi connectivity index (χ3n) is 2.95. The Morgan fingerprint density at radius 1 is 1.11 bits per heavy atom. The van der Waals surface area contributed by atoms with Crippen LogP contribution in [0.4, 0.5) is 0 Å². The van der Waals surface area contributed by atoms with E-state index in [-0.39, 0.29) is 0 Å². The predicted molar refractivity (Wildman–Crippen MR) is 78.4 cm³/mol. The molecule has 0 aliphatic carbocycles. The van der Waals surface area contributed by atoms with E-state index in [1.54, 1.807) is 0 Å². The molecule has 0 amide bonds. The van der Waals surface area contributed by atoms with Crippen LogP contribution in [-0.2, 0) is 0 Å². The van der Waals surface area contributed by atoms with Crippen LogP contribution in [0.5, 0.6) is 0 Å². The monoisotopic (exact) mass is 299 g/mol. The normalized spacial score (nSPS) is 10.4. The summed E-state index contributed by atoms with van der Waals surface area (Å²) >= 11 is 3.48. The number of nitrogens with zero attached hydrogens (tertiary/aromatic N) is 1. The molecule has 0 unspecified atom stereocenters. The van der Waals surface area contributed by atoms with Gasteiger partial charge in [-0.25, -0.2) is 0 Å². The van der Waals surface area contributed by atoms with E-state index in [2.05, 4.69) is 48.0 Å². The third-order valence-corrected chi connectivity index (χ3v) is 3.45. The van der Waals surface area contributed by atoms with Crippen molar-refractivity contribution < 1.29 is 0 Å². The van der Waals surface area contributed by atoms with Gasteiger partial charge in [0.2, 0.25) is 0 Å². The Labute approximate surface area is 116 Å². The van der Waals surface area contributed by atoms with Gasteiger partial charge in [-0.15, -0.1) is 0 Å². The van der Waals surface area contributed by atoms with E-state index in [1.165, 1.54) is 5.56 Å². The van der Waals surface area contributed by atoms with E-state index in [0.29, 0.717) is 5.92 Å². The summed E-state index contributed by atoms with van der Waals surface area (Å²) in [5.74, 6) is 0.396. The highest BCUT2D eigenvalue weighted by atomic mass is 79.9. The Balaban J connectivity index is 2.72. The summed E-state index contributed by atoms with van der Waals surface area (Å²) in [6, 6.07) is 16.3. The first-order valence-corrected chi connectivity index (χ1v) is 6.71. The molecule has 2 aromatic carbocycles. The summed E-state index contributed by atoms with van der Waals surface area (Å²) in [7, 11) is 0. The fourth-order valence-electron chi connectivity index (χ4n) is 2.11. The second-order valence-corrected chi connectivity index (χ2v) is 5.46. The molecule has 0 atom stereocenters. The van der Waals surface area contributed by atoms with E-state index >= 15 is 0 Å². The van der Waals surface area contributed by atoms with Gasteiger partial charge in [-0.05, 0) is 35.2 Å². The molecule has 2 rings (SSSR count). The Morgan fingerprint density at radius 3 is 2.44 bits per heavy atom. The predicted octanol–water partition coefficient (Wildman–Crippen LogP) is 5.11. The van der Waals surface area contributed by atoms with Crippen LogP contribution in [0, 0.1) is 11.3 Å². The van der Waals surface area contributed by atoms with Crippen LogP contribution < -0.4 is 0 Å². The lowest BCUT2D eigenvalue weighted by Gasteiger charge is -2.14. The van der Waals surface area contributed by atoms with Crippen LogP contribution >= 0.6 is 15.9 Å². The maximum atomic E-state index is 9.29. The molecule has 0 radical (unpaired) electrons. The van der Waals surface area contributed by atoms with Gasteiger partial charge in [-0.3, -0.25) is 0 Å². The van der Waals surface area contributed by atoms with Gasteiger partial charge in [-0.2, -0.15) is 5.26 Å². The van der Waals surface area contributed by atoms with Crippen LogP contribution in [0.1, 0.15) is 30.9 Å². The van der Waals surface area contributed by atoms with E-state index in [1.807, 2.05) is 30.3 Å². The number of halogens is 1. The van der Waals surface area contributed by atoms with Crippen molar-refractivity contribution in [2.45, 2.75) is 19.8 Å². The van der Waals surface area contributed by atoms with Crippen molar-refractivity contribution in [2.24, 2.45) is 0 Å². The Morgan fingerprint density at radius 2 is 1.83 bits per heavy atom. The van der Waals surface area contributed by atoms with Crippen molar-refractivity contribution in [1.82, 2.24) is 0 Å². The minimum atomic E-state index is 0.396. The molecular weight excluding hydrogens is 286 g/mol. The average Bonchev–Trinajstić information content (AvgIpc) is 2.37. The van der Waals surface area contributed by atoms with Gasteiger partial charge in [0.15, 0.2) is 0 Å². The zero-order valence-electron chi connectivity index (χ0n) is 10.4. The molecule has 2 heteroatoms. The molecule has 0 fully saturated rings. The zero-order chi connectivity index (χ0) is 13.1. The fraction of sp³-hybridized carbons (Fsp3) is 0.188. The van der Waals surface area contributed by atoms with Crippen molar-refractivity contribution in [3.63, 3.8) is 0 Å². The van der Waals surface area contributed by atoms with Gasteiger partial charge in [0.25, 0.3) is 0 Å². The Bertz CT molecular complexity index is 609. The van der Waals surface area contributed by atoms with Crippen molar-refractivity contribution in [2.75, 3.05) is 0 Å². The first-order valence-electron chi connectivity index (χ1n) is 5.92. The molecule has 2 aromatic rings. The largest absolute Gasteiger partial charge is 0.192 e. The lowest BCUT2D eigenvalue weighted by Crippen LogP contribution is -1.95. The van der Waals surface area contributed by atoms with Gasteiger partial charge in [0.05, 0.1) is 11.6 Å². The molecule has 18 heavy (non-hydrogen) atoms. The molecule has 0 aliphatic heterocycles. The highest BCUT2D eigenvalue weighted by Crippen LogP contribution is 2.33. The minimum absolute atomic E-state index is 0.396. The van der Waals surface area contributed by atoms with Gasteiger partial charge in [-0.1, -0.05) is 54.0 Å². The molecular formula is C16H14BrN. The van der Waals surface area contributed by atoms with E-state index < -0.39 is 0 Å². The summed E-state index contributed by atoms with van der Waals surface area (Å²) in [5.41, 5.74) is 4.09. The maximum absolute atomic E-state index is 9.29. The molecule has 0 saturated heterocycles. The Hall–Kier alpha value is -1.59. The van der Waals surface area contributed by atoms with Gasteiger partial charge in [0.1, 0.15) is 0 Å². The highest BCUT2D eigenvalue weighted by Gasteiger charge is 2.13. The number of hydrogen-bond acceptors (Lipinski definition) is 1. The number of hydrogen-bond donors (Lipinski definition) is 0. The SMILES string of the molecule is CC(C)c1cccc(C#N)c1-c1cccc(Br)c1. The summed E-state index contributed by atoms with van der Waals surface area (Å²) in [6.07, 6.45) is 0. The summed E-state index contributed by atoms with van der Waals surface area (Å²) < 4.78 is 1.03. The molecule has 0 N–H and O–H groups in total. The van der Waals surface area contributed by atoms with Crippen LogP contribution in [0.3, 0.4) is 0 Å². The summed E-state index contributed by atoms with van der Waals surface area (Å²) in [6.45, 7) is 4.30. The fourth-order valence-corrected chi connectivity index (χ4v) is 2.51. The zero-order valence-corrected chi connectivity index (χ0v) is 12.0. The molecule has 1 nitrogen and oxygen atoms in total. The smallest absolute Gasteiger partial charge is 0.0998 e. The molecule has 0 saturated carbocycles. The van der Waals surface area contributed by atoms with Crippen LogP contribution in [-0.4, -0.2) is 0 Å². The maximum Gasteiger partial charge on any atom is 0.0998 e. The van der Waals surface area contributed by atoms with E-state index in [9.17, 15) is 5.26 Å². The van der Waals surface area contributed by atoms with Crippen LogP contribution in [0.15, 0.2) is 46.9 Å². The quantitative estimate of drug-likeness (QED) is 0.756. The lowest BCUT2D eigenvalue weighted by atomic mass is 9.89. The molecule has 0 heterocycles. The highest BCUT2D eigenvalue weighted by molar-refractivity contribution is 9.10. The van der Waals surface area contributed by atoms with Crippen LogP contribution in [0.2, 0.25) is 0 Å². The van der Waals surface area contributed by atoms with Crippen molar-refractivity contribution >= 4 is 15.9 Å². The lowest BCUT2D eigenvalue weighted by molar-refractivity contribution is 0.868. The van der Waals surface area contributed by atoms with Crippen molar-refractivity contribution in [1.29, 1.82) is 5.26 Å². The van der Waals surface area contributed by atoms with Gasteiger partial charge < -0.3 is 0 Å². The minimum Gasteiger partial charge on any atom is -0.192 e. The first-order chi connectivity index (χ1) is 8.63. The standard InChI is InChI=1S/C16H14BrN/c1-11(2)15-8-4-6-13(10-18)16(15)12-5-3-7-14(17)9-12/h3-9,11H,1-2H3. The topological polar surface area (TPSA) is 23.8 Å². The molecule has 0 aliphatic rings. The van der Waals surface area contributed by atoms with Crippen molar-refractivity contribution in [3.8, 4) is 17.2 Å². The number of benzene rings is 2. The third kappa shape index (κ3) is 2.47. The number of rotatable bonds is 2. The van der Waals surface area contributed by atoms with E-state index in [4.69, 9.17) is 0 Å². The van der Waals surface area contributed by atoms with Gasteiger partial charge in [0, 0.05) is 10.0 Å². The Kier molecular flexibility index (Phi) is 3.84. The molecule has 0 spiro atoms. The number of nitriles is 1. The second kappa shape index (κ2) is 5.37. The molecule has 0 bridgehead atoms. The van der Waals surface area contributed by atoms with E-state index in [0.717, 1.165) is 21.2 Å². The average molecular weight is 300 g/mol. The summed E-state index contributed by atoms with van der Waals surface area (Å²) in [5, 5.41) is 9.29. The van der Waals surface area contributed by atoms with Crippen LogP contribution in [0.25, 0.3) is 11.1 Å². The first kappa shape index (κ1) is 12.9. The summed E-state index contributed by atoms with van der Waals surface area (Å²) in [4.78, 5) is 0. The van der Waals surface area contributed by atoms with Gasteiger partial charge >= 0.3 is 0 Å². The van der Waals surface area contributed by atoms with Crippen molar-refractivity contribution in [3.05, 3.63) is 58.1 Å². The molecule has 90 valence electrons. The molecule has 0 aromatic heterocycles.